The maximum Gasteiger partial charge on any atom is 0.261 e. The molecular weight excluding hydrogens is 438 g/mol. The summed E-state index contributed by atoms with van der Waals surface area (Å²) >= 11 is 5.31. The van der Waals surface area contributed by atoms with E-state index in [-0.39, 0.29) is 10.9 Å². The zero-order valence-corrected chi connectivity index (χ0v) is 19.2. The fraction of sp³-hybridized carbons (Fsp3) is 0.160. The Hall–Kier alpha value is -3.91. The number of oxazole rings is 1. The monoisotopic (exact) mass is 461 g/mol. The van der Waals surface area contributed by atoms with Crippen LogP contribution in [-0.4, -0.2) is 28.2 Å². The molecule has 33 heavy (non-hydrogen) atoms. The van der Waals surface area contributed by atoms with E-state index >= 15 is 0 Å². The Bertz CT molecular complexity index is 1360. The predicted octanol–water partition coefficient (Wildman–Crippen LogP) is 5.21. The highest BCUT2D eigenvalue weighted by Crippen LogP contribution is 2.33. The van der Waals surface area contributed by atoms with Gasteiger partial charge in [-0.3, -0.25) is 10.1 Å². The minimum atomic E-state index is -0.391. The number of thiocarbonyl (C=S) groups is 1. The number of methoxy groups -OCH3 is 1. The SMILES string of the molecule is CCc1ccc2oc(-c3cc(NC(=S)NC(=O)c4cccc(C)c4OC)ccc3O)nc2c1. The van der Waals surface area contributed by atoms with Crippen LogP contribution in [0.15, 0.2) is 59.0 Å². The molecule has 0 bridgehead atoms. The zero-order valence-electron chi connectivity index (χ0n) is 18.4. The molecule has 4 rings (SSSR count). The van der Waals surface area contributed by atoms with Crippen LogP contribution in [0.4, 0.5) is 5.69 Å². The molecular formula is C25H23N3O4S. The van der Waals surface area contributed by atoms with Crippen LogP contribution in [0.5, 0.6) is 11.5 Å². The van der Waals surface area contributed by atoms with Gasteiger partial charge in [0.25, 0.3) is 5.91 Å². The lowest BCUT2D eigenvalue weighted by atomic mass is 10.1. The van der Waals surface area contributed by atoms with Crippen LogP contribution in [0.25, 0.3) is 22.6 Å². The van der Waals surface area contributed by atoms with Gasteiger partial charge in [-0.05, 0) is 73.1 Å². The molecule has 0 atom stereocenters. The van der Waals surface area contributed by atoms with Gasteiger partial charge in [0.15, 0.2) is 10.7 Å². The maximum atomic E-state index is 12.7. The second-order valence-corrected chi connectivity index (χ2v) is 7.88. The number of hydrogen-bond acceptors (Lipinski definition) is 6. The van der Waals surface area contributed by atoms with E-state index in [0.29, 0.717) is 34.0 Å². The molecule has 0 saturated carbocycles. The third-order valence-corrected chi connectivity index (χ3v) is 5.44. The van der Waals surface area contributed by atoms with Crippen LogP contribution in [0, 0.1) is 6.92 Å². The Balaban J connectivity index is 1.54. The van der Waals surface area contributed by atoms with Gasteiger partial charge in [0, 0.05) is 5.69 Å². The Morgan fingerprint density at radius 1 is 1.18 bits per heavy atom. The summed E-state index contributed by atoms with van der Waals surface area (Å²) < 4.78 is 11.2. The summed E-state index contributed by atoms with van der Waals surface area (Å²) in [7, 11) is 1.52. The molecule has 0 spiro atoms. The van der Waals surface area contributed by atoms with Crippen molar-refractivity contribution in [3.05, 3.63) is 71.3 Å². The number of carbonyl (C=O) groups is 1. The number of para-hydroxylation sites is 1. The van der Waals surface area contributed by atoms with Crippen LogP contribution in [-0.2, 0) is 6.42 Å². The van der Waals surface area contributed by atoms with Crippen LogP contribution in [0.1, 0.15) is 28.4 Å². The first-order valence-corrected chi connectivity index (χ1v) is 10.8. The van der Waals surface area contributed by atoms with E-state index in [1.54, 1.807) is 24.3 Å². The van der Waals surface area contributed by atoms with Gasteiger partial charge >= 0.3 is 0 Å². The molecule has 7 nitrogen and oxygen atoms in total. The molecule has 0 aliphatic rings. The number of nitrogens with zero attached hydrogens (tertiary/aromatic N) is 1. The highest BCUT2D eigenvalue weighted by Gasteiger charge is 2.17. The summed E-state index contributed by atoms with van der Waals surface area (Å²) in [6, 6.07) is 15.9. The summed E-state index contributed by atoms with van der Waals surface area (Å²) in [4.78, 5) is 17.2. The van der Waals surface area contributed by atoms with Gasteiger partial charge in [-0.2, -0.15) is 0 Å². The van der Waals surface area contributed by atoms with Gasteiger partial charge in [0.2, 0.25) is 5.89 Å². The number of hydrogen-bond donors (Lipinski definition) is 3. The van der Waals surface area contributed by atoms with E-state index in [2.05, 4.69) is 22.5 Å². The fourth-order valence-corrected chi connectivity index (χ4v) is 3.74. The molecule has 168 valence electrons. The normalized spacial score (nSPS) is 10.8. The smallest absolute Gasteiger partial charge is 0.261 e. The van der Waals surface area contributed by atoms with Crippen LogP contribution in [0.3, 0.4) is 0 Å². The molecule has 1 aromatic heterocycles. The molecule has 0 unspecified atom stereocenters. The Morgan fingerprint density at radius 2 is 2.00 bits per heavy atom. The maximum absolute atomic E-state index is 12.7. The highest BCUT2D eigenvalue weighted by atomic mass is 32.1. The van der Waals surface area contributed by atoms with Gasteiger partial charge in [-0.15, -0.1) is 0 Å². The van der Waals surface area contributed by atoms with Crippen molar-refractivity contribution in [2.45, 2.75) is 20.3 Å². The van der Waals surface area contributed by atoms with E-state index in [4.69, 9.17) is 21.4 Å². The fourth-order valence-electron chi connectivity index (χ4n) is 3.53. The highest BCUT2D eigenvalue weighted by molar-refractivity contribution is 7.80. The lowest BCUT2D eigenvalue weighted by Gasteiger charge is -2.13. The minimum Gasteiger partial charge on any atom is -0.507 e. The first-order chi connectivity index (χ1) is 15.9. The number of ether oxygens (including phenoxy) is 1. The number of phenolic OH excluding ortho intramolecular Hbond substituents is 1. The average Bonchev–Trinajstić information content (AvgIpc) is 3.23. The van der Waals surface area contributed by atoms with Crippen molar-refractivity contribution < 1.29 is 19.1 Å². The molecule has 0 fully saturated rings. The van der Waals surface area contributed by atoms with E-state index in [1.165, 1.54) is 13.2 Å². The van der Waals surface area contributed by atoms with Crippen molar-refractivity contribution in [2.24, 2.45) is 0 Å². The molecule has 0 radical (unpaired) electrons. The number of anilines is 1. The predicted molar refractivity (Wildman–Crippen MR) is 132 cm³/mol. The molecule has 3 aromatic carbocycles. The van der Waals surface area contributed by atoms with Gasteiger partial charge in [0.1, 0.15) is 17.0 Å². The van der Waals surface area contributed by atoms with Gasteiger partial charge in [0.05, 0.1) is 18.2 Å². The van der Waals surface area contributed by atoms with Crippen LogP contribution >= 0.6 is 12.2 Å². The Kier molecular flexibility index (Phi) is 6.28. The lowest BCUT2D eigenvalue weighted by molar-refractivity contribution is 0.0974. The summed E-state index contributed by atoms with van der Waals surface area (Å²) in [5, 5.41) is 16.1. The number of amides is 1. The van der Waals surface area contributed by atoms with Crippen LogP contribution in [0.2, 0.25) is 0 Å². The summed E-state index contributed by atoms with van der Waals surface area (Å²) in [6.45, 7) is 3.93. The third-order valence-electron chi connectivity index (χ3n) is 5.23. The number of aromatic hydroxyl groups is 1. The number of aryl methyl sites for hydroxylation is 2. The summed E-state index contributed by atoms with van der Waals surface area (Å²) in [6.07, 6.45) is 0.889. The van der Waals surface area contributed by atoms with E-state index in [9.17, 15) is 9.90 Å². The first kappa shape index (κ1) is 22.3. The largest absolute Gasteiger partial charge is 0.507 e. The topological polar surface area (TPSA) is 96.6 Å². The van der Waals surface area contributed by atoms with E-state index in [1.807, 2.05) is 31.2 Å². The van der Waals surface area contributed by atoms with Crippen molar-refractivity contribution in [1.29, 1.82) is 0 Å². The number of rotatable bonds is 5. The number of carbonyl (C=O) groups excluding carboxylic acids is 1. The average molecular weight is 462 g/mol. The van der Waals surface area contributed by atoms with Crippen molar-refractivity contribution in [3.63, 3.8) is 0 Å². The summed E-state index contributed by atoms with van der Waals surface area (Å²) in [5.41, 5.74) is 4.69. The van der Waals surface area contributed by atoms with Crippen LogP contribution < -0.4 is 15.4 Å². The molecule has 0 aliphatic carbocycles. The Morgan fingerprint density at radius 3 is 2.76 bits per heavy atom. The first-order valence-electron chi connectivity index (χ1n) is 10.4. The number of fused-ring (bicyclic) bond motifs is 1. The van der Waals surface area contributed by atoms with E-state index in [0.717, 1.165) is 23.1 Å². The molecule has 0 saturated heterocycles. The van der Waals surface area contributed by atoms with Gasteiger partial charge < -0.3 is 19.6 Å². The summed E-state index contributed by atoms with van der Waals surface area (Å²) in [5.74, 6) is 0.408. The number of benzene rings is 3. The number of phenols is 1. The molecule has 1 amide bonds. The quantitative estimate of drug-likeness (QED) is 0.277. The molecule has 8 heteroatoms. The third kappa shape index (κ3) is 4.65. The van der Waals surface area contributed by atoms with Gasteiger partial charge in [-0.25, -0.2) is 4.98 Å². The molecule has 3 N–H and O–H groups in total. The van der Waals surface area contributed by atoms with Crippen molar-refractivity contribution in [3.8, 4) is 23.0 Å². The standard InChI is InChI=1S/C25H23N3O4S/c1-4-15-8-11-21-19(12-15)27-24(32-21)18-13-16(9-10-20(18)29)26-25(33)28-23(30)17-7-5-6-14(2)22(17)31-3/h5-13,29H,4H2,1-3H3,(H2,26,28,30,33). The van der Waals surface area contributed by atoms with Crippen molar-refractivity contribution in [1.82, 2.24) is 10.3 Å². The molecule has 4 aromatic rings. The lowest BCUT2D eigenvalue weighted by Crippen LogP contribution is -2.34. The molecule has 0 aliphatic heterocycles. The second kappa shape index (κ2) is 9.30. The minimum absolute atomic E-state index is 0.0160. The Labute approximate surface area is 196 Å². The van der Waals surface area contributed by atoms with E-state index < -0.39 is 5.91 Å². The van der Waals surface area contributed by atoms with Crippen molar-refractivity contribution >= 4 is 40.0 Å². The van der Waals surface area contributed by atoms with Crippen molar-refractivity contribution in [2.75, 3.05) is 12.4 Å². The number of nitrogens with one attached hydrogen (secondary N) is 2. The zero-order chi connectivity index (χ0) is 23.5. The second-order valence-electron chi connectivity index (χ2n) is 7.47. The number of aromatic nitrogens is 1. The molecule has 1 heterocycles. The van der Waals surface area contributed by atoms with Gasteiger partial charge in [-0.1, -0.05) is 25.1 Å².